The van der Waals surface area contributed by atoms with Gasteiger partial charge in [0.15, 0.2) is 15.5 Å². The maximum absolute atomic E-state index is 13.7. The third-order valence-electron chi connectivity index (χ3n) is 5.20. The van der Waals surface area contributed by atoms with Crippen LogP contribution in [0.25, 0.3) is 28.2 Å². The molecule has 0 aliphatic heterocycles. The van der Waals surface area contributed by atoms with Gasteiger partial charge in [-0.1, -0.05) is 54.6 Å². The molecule has 11 heteroatoms. The van der Waals surface area contributed by atoms with Crippen molar-refractivity contribution in [3.8, 4) is 28.2 Å². The number of aromatic nitrogens is 2. The minimum atomic E-state index is -4.98. The number of benzene rings is 3. The van der Waals surface area contributed by atoms with Crippen LogP contribution in [0.1, 0.15) is 11.3 Å². The Labute approximate surface area is 196 Å². The Bertz CT molecular complexity index is 1490. The molecule has 0 fully saturated rings. The van der Waals surface area contributed by atoms with Gasteiger partial charge in [-0.25, -0.2) is 13.4 Å². The fourth-order valence-corrected chi connectivity index (χ4v) is 4.52. The summed E-state index contributed by atoms with van der Waals surface area (Å²) in [6.45, 7) is 0. The first-order chi connectivity index (χ1) is 16.3. The Balaban J connectivity index is 2.04. The molecular weight excluding hydrogens is 494 g/mol. The van der Waals surface area contributed by atoms with Crippen molar-refractivity contribution in [3.63, 3.8) is 0 Å². The van der Waals surface area contributed by atoms with Gasteiger partial charge in [0.2, 0.25) is 0 Å². The molecule has 0 N–H and O–H groups in total. The number of nitrogens with zero attached hydrogens (tertiary/aromatic N) is 2. The van der Waals surface area contributed by atoms with E-state index in [1.54, 1.807) is 30.3 Å². The number of halogens is 6. The van der Waals surface area contributed by atoms with Crippen LogP contribution in [0.3, 0.4) is 0 Å². The second-order valence-corrected chi connectivity index (χ2v) is 9.67. The maximum atomic E-state index is 13.7. The summed E-state index contributed by atoms with van der Waals surface area (Å²) < 4.78 is 108. The predicted molar refractivity (Wildman–Crippen MR) is 118 cm³/mol. The third kappa shape index (κ3) is 4.95. The highest BCUT2D eigenvalue weighted by Gasteiger charge is 2.38. The highest BCUT2D eigenvalue weighted by molar-refractivity contribution is 7.90. The Hall–Kier alpha value is -3.60. The molecule has 0 spiro atoms. The van der Waals surface area contributed by atoms with Crippen molar-refractivity contribution in [2.24, 2.45) is 0 Å². The van der Waals surface area contributed by atoms with Crippen LogP contribution in [0.15, 0.2) is 83.9 Å². The summed E-state index contributed by atoms with van der Waals surface area (Å²) >= 11 is 0. The molecule has 4 aromatic rings. The molecule has 0 radical (unpaired) electrons. The summed E-state index contributed by atoms with van der Waals surface area (Å²) in [6, 6.07) is 16.7. The second-order valence-electron chi connectivity index (χ2n) is 7.68. The zero-order valence-corrected chi connectivity index (χ0v) is 18.7. The lowest BCUT2D eigenvalue weighted by molar-refractivity contribution is -0.140. The van der Waals surface area contributed by atoms with Crippen molar-refractivity contribution in [1.29, 1.82) is 0 Å². The number of hydrogen-bond acceptors (Lipinski definition) is 3. The largest absolute Gasteiger partial charge is 0.434 e. The number of rotatable bonds is 4. The van der Waals surface area contributed by atoms with Crippen molar-refractivity contribution in [2.45, 2.75) is 17.2 Å². The van der Waals surface area contributed by atoms with Gasteiger partial charge in [-0.2, -0.15) is 26.3 Å². The summed E-state index contributed by atoms with van der Waals surface area (Å²) in [7, 11) is -4.03. The van der Waals surface area contributed by atoms with Crippen molar-refractivity contribution in [2.75, 3.05) is 6.26 Å². The van der Waals surface area contributed by atoms with Gasteiger partial charge in [0.1, 0.15) is 5.82 Å². The average Bonchev–Trinajstić information content (AvgIpc) is 3.24. The molecule has 0 bridgehead atoms. The van der Waals surface area contributed by atoms with Crippen LogP contribution in [0.4, 0.5) is 26.3 Å². The Morgan fingerprint density at radius 2 is 1.40 bits per heavy atom. The topological polar surface area (TPSA) is 52.0 Å². The van der Waals surface area contributed by atoms with Crippen molar-refractivity contribution >= 4 is 9.84 Å². The Morgan fingerprint density at radius 1 is 0.771 bits per heavy atom. The van der Waals surface area contributed by atoms with Crippen LogP contribution in [0, 0.1) is 0 Å². The monoisotopic (exact) mass is 510 g/mol. The number of alkyl halides is 6. The maximum Gasteiger partial charge on any atom is 0.434 e. The summed E-state index contributed by atoms with van der Waals surface area (Å²) in [5.74, 6) is -0.692. The summed E-state index contributed by atoms with van der Waals surface area (Å²) in [4.78, 5) is 3.08. The molecule has 0 aliphatic rings. The molecule has 0 unspecified atom stereocenters. The SMILES string of the molecule is CS(=O)(=O)c1cc(-c2ccccc2)ccc1-n1cc(C(F)(F)F)nc1-c1ccccc1C(F)(F)F. The molecule has 0 amide bonds. The van der Waals surface area contributed by atoms with Gasteiger partial charge in [-0.15, -0.1) is 0 Å². The molecule has 0 saturated carbocycles. The summed E-state index contributed by atoms with van der Waals surface area (Å²) in [5.41, 5.74) is -2.45. The minimum Gasteiger partial charge on any atom is -0.298 e. The van der Waals surface area contributed by atoms with Crippen molar-refractivity contribution in [1.82, 2.24) is 9.55 Å². The van der Waals surface area contributed by atoms with Gasteiger partial charge < -0.3 is 0 Å². The lowest BCUT2D eigenvalue weighted by Gasteiger charge is -2.16. The van der Waals surface area contributed by atoms with Crippen LogP contribution in [0.2, 0.25) is 0 Å². The van der Waals surface area contributed by atoms with Crippen LogP contribution >= 0.6 is 0 Å². The normalized spacial score (nSPS) is 12.7. The molecule has 0 atom stereocenters. The van der Waals surface area contributed by atoms with Crippen LogP contribution in [-0.2, 0) is 22.2 Å². The molecule has 0 aliphatic carbocycles. The molecule has 3 aromatic carbocycles. The van der Waals surface area contributed by atoms with E-state index < -0.39 is 44.8 Å². The molecular formula is C24H16F6N2O2S. The predicted octanol–water partition coefficient (Wildman–Crippen LogP) is 6.65. The summed E-state index contributed by atoms with van der Waals surface area (Å²) in [6.07, 6.45) is -8.51. The fraction of sp³-hybridized carbons (Fsp3) is 0.125. The molecule has 4 rings (SSSR count). The van der Waals surface area contributed by atoms with Gasteiger partial charge in [-0.3, -0.25) is 4.57 Å². The van der Waals surface area contributed by atoms with Crippen LogP contribution < -0.4 is 0 Å². The number of imidazole rings is 1. The first kappa shape index (κ1) is 24.5. The van der Waals surface area contributed by atoms with E-state index in [1.807, 2.05) is 0 Å². The minimum absolute atomic E-state index is 0.262. The highest BCUT2D eigenvalue weighted by atomic mass is 32.2. The van der Waals surface area contributed by atoms with Gasteiger partial charge >= 0.3 is 12.4 Å². The quantitative estimate of drug-likeness (QED) is 0.289. The molecule has 4 nitrogen and oxygen atoms in total. The fourth-order valence-electron chi connectivity index (χ4n) is 3.64. The van der Waals surface area contributed by atoms with Crippen LogP contribution in [-0.4, -0.2) is 24.2 Å². The highest BCUT2D eigenvalue weighted by Crippen LogP contribution is 2.40. The lowest BCUT2D eigenvalue weighted by atomic mass is 10.0. The molecule has 35 heavy (non-hydrogen) atoms. The van der Waals surface area contributed by atoms with Crippen LogP contribution in [0.5, 0.6) is 0 Å². The first-order valence-electron chi connectivity index (χ1n) is 10.00. The molecule has 0 saturated heterocycles. The zero-order valence-electron chi connectivity index (χ0n) is 17.9. The number of sulfone groups is 1. The van der Waals surface area contributed by atoms with E-state index in [2.05, 4.69) is 4.98 Å². The van der Waals surface area contributed by atoms with Crippen molar-refractivity contribution in [3.05, 3.63) is 90.3 Å². The zero-order chi connectivity index (χ0) is 25.6. The first-order valence-corrected chi connectivity index (χ1v) is 11.9. The van der Waals surface area contributed by atoms with E-state index in [9.17, 15) is 34.8 Å². The van der Waals surface area contributed by atoms with E-state index in [-0.39, 0.29) is 10.6 Å². The molecule has 1 aromatic heterocycles. The smallest absolute Gasteiger partial charge is 0.298 e. The van der Waals surface area contributed by atoms with E-state index in [1.165, 1.54) is 24.3 Å². The third-order valence-corrected chi connectivity index (χ3v) is 6.32. The Kier molecular flexibility index (Phi) is 6.00. The second kappa shape index (κ2) is 8.56. The standard InChI is InChI=1S/C24H16F6N2O2S/c1-35(33,34)20-13-16(15-7-3-2-4-8-15)11-12-19(20)32-14-21(24(28,29)30)31-22(32)17-9-5-6-10-18(17)23(25,26)27/h2-14H,1H3. The average molecular weight is 510 g/mol. The van der Waals surface area contributed by atoms with E-state index in [0.717, 1.165) is 29.0 Å². The molecule has 1 heterocycles. The van der Waals surface area contributed by atoms with E-state index >= 15 is 0 Å². The Morgan fingerprint density at radius 3 is 2.00 bits per heavy atom. The van der Waals surface area contributed by atoms with Gasteiger partial charge in [0.05, 0.1) is 16.1 Å². The van der Waals surface area contributed by atoms with Gasteiger partial charge in [0.25, 0.3) is 0 Å². The van der Waals surface area contributed by atoms with Crippen molar-refractivity contribution < 1.29 is 34.8 Å². The number of hydrogen-bond donors (Lipinski definition) is 0. The van der Waals surface area contributed by atoms with E-state index in [4.69, 9.17) is 0 Å². The van der Waals surface area contributed by atoms with Gasteiger partial charge in [0, 0.05) is 18.0 Å². The lowest BCUT2D eigenvalue weighted by Crippen LogP contribution is -2.10. The molecule has 182 valence electrons. The van der Waals surface area contributed by atoms with E-state index in [0.29, 0.717) is 17.3 Å². The summed E-state index contributed by atoms with van der Waals surface area (Å²) in [5, 5.41) is 0. The van der Waals surface area contributed by atoms with Gasteiger partial charge in [-0.05, 0) is 29.3 Å².